The number of rotatable bonds is 14. The minimum Gasteiger partial charge on any atom is -0.394 e. The van der Waals surface area contributed by atoms with E-state index in [1.807, 2.05) is 0 Å². The fraction of sp³-hybridized carbons (Fsp3) is 0.929. The van der Waals surface area contributed by atoms with E-state index >= 15 is 0 Å². The van der Waals surface area contributed by atoms with E-state index in [9.17, 15) is 45.6 Å². The lowest BCUT2D eigenvalue weighted by molar-refractivity contribution is -0.307. The van der Waals surface area contributed by atoms with Crippen LogP contribution in [0.25, 0.3) is 0 Å². The molecule has 24 heteroatoms. The summed E-state index contributed by atoms with van der Waals surface area (Å²) in [7, 11) is 0. The number of carbonyl (C=O) groups excluding carboxylic acids is 1. The van der Waals surface area contributed by atoms with Gasteiger partial charge < -0.3 is 114 Å². The summed E-state index contributed by atoms with van der Waals surface area (Å²) in [5.74, 6) is -1.27. The number of nitrogens with one attached hydrogen (secondary N) is 3. The van der Waals surface area contributed by atoms with Crippen molar-refractivity contribution in [2.24, 2.45) is 34.4 Å². The molecular formula is C28H55N9O15. The van der Waals surface area contributed by atoms with Crippen LogP contribution in [0.2, 0.25) is 0 Å². The molecule has 1 aliphatic carbocycles. The quantitative estimate of drug-likeness (QED) is 0.0577. The lowest BCUT2D eigenvalue weighted by Crippen LogP contribution is -2.69. The Morgan fingerprint density at radius 3 is 1.75 bits per heavy atom. The van der Waals surface area contributed by atoms with Crippen molar-refractivity contribution in [2.45, 2.75) is 135 Å². The van der Waals surface area contributed by atoms with Gasteiger partial charge in [0.15, 0.2) is 24.8 Å². The molecule has 0 bridgehead atoms. The Balaban J connectivity index is 1.56. The average molecular weight is 758 g/mol. The van der Waals surface area contributed by atoms with Gasteiger partial charge in [-0.15, -0.1) is 0 Å². The van der Waals surface area contributed by atoms with E-state index in [4.69, 9.17) is 68.2 Å². The average Bonchev–Trinajstić information content (AvgIpc) is 3.41. The van der Waals surface area contributed by atoms with Crippen molar-refractivity contribution in [2.75, 3.05) is 26.2 Å². The van der Waals surface area contributed by atoms with Crippen LogP contribution >= 0.6 is 0 Å². The molecule has 3 saturated heterocycles. The van der Waals surface area contributed by atoms with Crippen molar-refractivity contribution in [3.63, 3.8) is 0 Å². The highest BCUT2D eigenvalue weighted by molar-refractivity contribution is 5.81. The van der Waals surface area contributed by atoms with Gasteiger partial charge >= 0.3 is 0 Å². The van der Waals surface area contributed by atoms with E-state index in [-0.39, 0.29) is 38.4 Å². The van der Waals surface area contributed by atoms with Gasteiger partial charge in [0.25, 0.3) is 0 Å². The summed E-state index contributed by atoms with van der Waals surface area (Å²) in [6.45, 7) is -1.20. The van der Waals surface area contributed by atoms with Gasteiger partial charge in [-0.3, -0.25) is 10.2 Å². The van der Waals surface area contributed by atoms with Crippen LogP contribution in [0.4, 0.5) is 0 Å². The maximum atomic E-state index is 12.9. The molecule has 24 nitrogen and oxygen atoms in total. The number of nitrogens with two attached hydrogens (primary N) is 6. The summed E-state index contributed by atoms with van der Waals surface area (Å²) < 4.78 is 35.0. The first-order valence-corrected chi connectivity index (χ1v) is 16.9. The maximum Gasteiger partial charge on any atom is 0.249 e. The summed E-state index contributed by atoms with van der Waals surface area (Å²) in [5.41, 5.74) is 35.2. The summed E-state index contributed by atoms with van der Waals surface area (Å²) >= 11 is 0. The first-order chi connectivity index (χ1) is 24.5. The number of aliphatic hydroxyl groups excluding tert-OH is 8. The summed E-state index contributed by atoms with van der Waals surface area (Å²) in [6.07, 6.45) is -23.8. The van der Waals surface area contributed by atoms with Crippen molar-refractivity contribution >= 4 is 11.9 Å². The van der Waals surface area contributed by atoms with Gasteiger partial charge in [-0.25, -0.2) is 0 Å². The molecule has 0 radical (unpaired) electrons. The number of amides is 1. The molecule has 20 atom stereocenters. The third-order valence-electron chi connectivity index (χ3n) is 9.69. The van der Waals surface area contributed by atoms with E-state index < -0.39 is 135 Å². The Bertz CT molecular complexity index is 1170. The molecule has 0 spiro atoms. The second kappa shape index (κ2) is 18.5. The second-order valence-corrected chi connectivity index (χ2v) is 13.3. The highest BCUT2D eigenvalue weighted by Crippen LogP contribution is 2.34. The molecule has 0 aromatic heterocycles. The van der Waals surface area contributed by atoms with Crippen LogP contribution in [0.3, 0.4) is 0 Å². The number of hydrogen-bond donors (Lipinski definition) is 17. The Morgan fingerprint density at radius 2 is 1.25 bits per heavy atom. The smallest absolute Gasteiger partial charge is 0.249 e. The van der Waals surface area contributed by atoms with E-state index in [2.05, 4.69) is 10.6 Å². The van der Waals surface area contributed by atoms with Crippen molar-refractivity contribution < 1.29 is 74.1 Å². The molecule has 0 unspecified atom stereocenters. The van der Waals surface area contributed by atoms with Crippen LogP contribution in [0, 0.1) is 5.41 Å². The largest absolute Gasteiger partial charge is 0.394 e. The van der Waals surface area contributed by atoms with Crippen LogP contribution < -0.4 is 45.0 Å². The van der Waals surface area contributed by atoms with Crippen LogP contribution in [0.5, 0.6) is 0 Å². The number of aliphatic hydroxyl groups is 8. The molecule has 4 rings (SSSR count). The van der Waals surface area contributed by atoms with Gasteiger partial charge in [0.05, 0.1) is 24.7 Å². The summed E-state index contributed by atoms with van der Waals surface area (Å²) in [5, 5.41) is 97.1. The molecule has 0 aromatic carbocycles. The predicted molar refractivity (Wildman–Crippen MR) is 173 cm³/mol. The topological polar surface area (TPSA) is 438 Å². The second-order valence-electron chi connectivity index (χ2n) is 13.3. The Morgan fingerprint density at radius 1 is 0.750 bits per heavy atom. The third-order valence-corrected chi connectivity index (χ3v) is 9.69. The number of guanidine groups is 1. The minimum absolute atomic E-state index is 0.0142. The molecule has 3 heterocycles. The van der Waals surface area contributed by atoms with Gasteiger partial charge in [0, 0.05) is 25.7 Å². The van der Waals surface area contributed by atoms with Gasteiger partial charge in [-0.1, -0.05) is 0 Å². The Labute approximate surface area is 298 Å². The van der Waals surface area contributed by atoms with E-state index in [0.717, 1.165) is 0 Å². The fourth-order valence-electron chi connectivity index (χ4n) is 6.60. The van der Waals surface area contributed by atoms with Crippen LogP contribution in [-0.4, -0.2) is 201 Å². The van der Waals surface area contributed by atoms with Crippen LogP contribution in [-0.2, 0) is 33.2 Å². The van der Waals surface area contributed by atoms with Gasteiger partial charge in [0.1, 0.15) is 79.4 Å². The van der Waals surface area contributed by atoms with Crippen LogP contribution in [0.15, 0.2) is 0 Å². The van der Waals surface area contributed by atoms with Crippen LogP contribution in [0.1, 0.15) is 12.8 Å². The lowest BCUT2D eigenvalue weighted by atomic mass is 9.83. The number of carbonyl (C=O) groups is 1. The van der Waals surface area contributed by atoms with Gasteiger partial charge in [-0.2, -0.15) is 0 Å². The number of hydrogen-bond acceptors (Lipinski definition) is 21. The monoisotopic (exact) mass is 757 g/mol. The Kier molecular flexibility index (Phi) is 15.2. The molecular weight excluding hydrogens is 702 g/mol. The van der Waals surface area contributed by atoms with Crippen molar-refractivity contribution in [1.82, 2.24) is 10.6 Å². The maximum absolute atomic E-state index is 12.9. The minimum atomic E-state index is -1.74. The molecule has 1 saturated carbocycles. The molecule has 3 aliphatic heterocycles. The molecule has 1 amide bonds. The summed E-state index contributed by atoms with van der Waals surface area (Å²) in [4.78, 5) is 12.9. The lowest BCUT2D eigenvalue weighted by Gasteiger charge is -2.48. The first-order valence-electron chi connectivity index (χ1n) is 16.9. The van der Waals surface area contributed by atoms with Crippen molar-refractivity contribution in [1.29, 1.82) is 5.41 Å². The SMILES string of the molecule is N=C(N)NCC[C@H](O)C(=O)N[C@@H]1C[C@H](N)[C@@H](O[C@H]2O[C@H](CN)[C@@H](O)[C@H](O)[C@H]2N)[C@H](O[C@@H]2O[C@H](CO)[C@@H](O[C@H]3O[C@@H](CN)[C@@H](O)[C@H](O)[C@H]3N)[C@H]2O)[C@H]1O. The van der Waals surface area contributed by atoms with E-state index in [1.54, 1.807) is 0 Å². The number of ether oxygens (including phenoxy) is 6. The van der Waals surface area contributed by atoms with E-state index in [0.29, 0.717) is 0 Å². The normalized spacial score (nSPS) is 46.1. The predicted octanol–water partition coefficient (Wildman–Crippen LogP) is -10.5. The molecule has 4 aliphatic rings. The third kappa shape index (κ3) is 9.43. The summed E-state index contributed by atoms with van der Waals surface area (Å²) in [6, 6.07) is -4.94. The Hall–Kier alpha value is -2.02. The highest BCUT2D eigenvalue weighted by atomic mass is 16.8. The molecule has 52 heavy (non-hydrogen) atoms. The molecule has 302 valence electrons. The zero-order chi connectivity index (χ0) is 38.6. The molecule has 0 aromatic rings. The zero-order valence-corrected chi connectivity index (χ0v) is 28.2. The van der Waals surface area contributed by atoms with Crippen molar-refractivity contribution in [3.8, 4) is 0 Å². The highest BCUT2D eigenvalue weighted by Gasteiger charge is 2.55. The first kappa shape index (κ1) is 42.7. The van der Waals surface area contributed by atoms with Gasteiger partial charge in [0.2, 0.25) is 5.91 Å². The van der Waals surface area contributed by atoms with E-state index in [1.165, 1.54) is 0 Å². The van der Waals surface area contributed by atoms with Crippen molar-refractivity contribution in [3.05, 3.63) is 0 Å². The zero-order valence-electron chi connectivity index (χ0n) is 28.2. The van der Waals surface area contributed by atoms with Gasteiger partial charge in [-0.05, 0) is 12.8 Å². The molecule has 23 N–H and O–H groups in total. The standard InChI is InChI=1S/C28H55N9O15/c29-4-10-16(41)18(43)13(32)25(47-10)50-21-7(31)3-8(37-24(46)9(39)1-2-36-28(34)35)15(40)23(21)52-27-20(45)22(12(6-38)49-27)51-26-14(33)19(44)17(42)11(5-30)48-26/h7-23,25-27,38-45H,1-6,29-33H2,(H,37,46)(H4,34,35,36)/t7-,8+,9-,10+,11-,12+,13+,14+,15-,16+,17+,18+,19+,20+,21+,22+,23+,25+,26+,27-/m0/s1. The fourth-order valence-corrected chi connectivity index (χ4v) is 6.60. The molecule has 4 fully saturated rings.